The minimum absolute atomic E-state index is 0.164. The molecule has 1 heterocycles. The lowest BCUT2D eigenvalue weighted by Crippen LogP contribution is -2.74. The van der Waals surface area contributed by atoms with Crippen molar-refractivity contribution in [1.82, 2.24) is 10.2 Å². The third-order valence-corrected chi connectivity index (χ3v) is 5.87. The van der Waals surface area contributed by atoms with Crippen LogP contribution in [0, 0.1) is 0 Å². The van der Waals surface area contributed by atoms with Crippen molar-refractivity contribution in [1.29, 1.82) is 0 Å². The normalized spacial score (nSPS) is 17.5. The van der Waals surface area contributed by atoms with Gasteiger partial charge in [-0.05, 0) is 30.2 Å². The van der Waals surface area contributed by atoms with Gasteiger partial charge >= 0.3 is 18.0 Å². The second-order valence-electron chi connectivity index (χ2n) is 8.25. The van der Waals surface area contributed by atoms with Crippen LogP contribution in [0.25, 0.3) is 0 Å². The number of rotatable bonds is 10. The van der Waals surface area contributed by atoms with E-state index in [1.165, 1.54) is 42.5 Å². The summed E-state index contributed by atoms with van der Waals surface area (Å²) in [6.45, 7) is 1.01. The van der Waals surface area contributed by atoms with E-state index in [9.17, 15) is 33.9 Å². The second-order valence-corrected chi connectivity index (χ2v) is 8.25. The molecule has 13 heteroatoms. The summed E-state index contributed by atoms with van der Waals surface area (Å²) in [5.74, 6) is -7.19. The summed E-state index contributed by atoms with van der Waals surface area (Å²) in [4.78, 5) is 78.0. The molecule has 3 rings (SSSR count). The molecule has 0 radical (unpaired) electrons. The highest BCUT2D eigenvalue weighted by atomic mass is 16.4. The number of imide groups is 1. The molecule has 1 aliphatic heterocycles. The Morgan fingerprint density at radius 1 is 1.05 bits per heavy atom. The lowest BCUT2D eigenvalue weighted by atomic mass is 9.96. The topological polar surface area (TPSA) is 213 Å². The van der Waals surface area contributed by atoms with Crippen LogP contribution in [0.3, 0.4) is 0 Å². The molecular weight excluding hydrogens is 486 g/mol. The summed E-state index contributed by atoms with van der Waals surface area (Å²) in [5, 5.41) is 21.9. The van der Waals surface area contributed by atoms with Gasteiger partial charge in [-0.25, -0.2) is 14.5 Å². The van der Waals surface area contributed by atoms with Gasteiger partial charge in [-0.2, -0.15) is 0 Å². The van der Waals surface area contributed by atoms with Crippen LogP contribution in [0.2, 0.25) is 0 Å². The molecule has 0 bridgehead atoms. The monoisotopic (exact) mass is 511 g/mol. The number of carbonyl (C=O) groups is 6. The van der Waals surface area contributed by atoms with Gasteiger partial charge in [0.25, 0.3) is 11.6 Å². The molecule has 1 unspecified atom stereocenters. The molecule has 13 nitrogen and oxygen atoms in total. The summed E-state index contributed by atoms with van der Waals surface area (Å²) in [7, 11) is 0. The van der Waals surface area contributed by atoms with Crippen molar-refractivity contribution in [3.63, 3.8) is 0 Å². The van der Waals surface area contributed by atoms with Crippen LogP contribution in [0.4, 0.5) is 10.5 Å². The average molecular weight is 511 g/mol. The zero-order chi connectivity index (χ0) is 27.5. The first-order valence-corrected chi connectivity index (χ1v) is 11.0. The lowest BCUT2D eigenvalue weighted by Gasteiger charge is -2.43. The molecule has 3 atom stereocenters. The Balaban J connectivity index is 2.22. The summed E-state index contributed by atoms with van der Waals surface area (Å²) in [6.07, 6.45) is -0.911. The van der Waals surface area contributed by atoms with Crippen molar-refractivity contribution in [2.24, 2.45) is 11.5 Å². The number of nitrogens with two attached hydrogens (primary N) is 2. The number of benzene rings is 2. The fraction of sp³-hybridized carbons (Fsp3) is 0.250. The second kappa shape index (κ2) is 10.6. The predicted molar refractivity (Wildman–Crippen MR) is 128 cm³/mol. The standard InChI is InChI=1S/C24H25N5O8/c1-13(30)24(22(35)36,28(16-5-3-2-4-6-16)20(33)17(26)11-18(31)32)29-21(34)19(27-23(29)37)15-9-7-14(12-25)8-10-15/h2-10,17,19H,11-12,25-26H2,1H3,(H,27,37)(H,31,32)(H,35,36)/t17-,19?,24+/m0/s1. The number of para-hydroxylation sites is 1. The smallest absolute Gasteiger partial charge is 0.360 e. The maximum atomic E-state index is 13.6. The molecule has 1 fully saturated rings. The Kier molecular flexibility index (Phi) is 7.70. The van der Waals surface area contributed by atoms with Gasteiger partial charge in [0.2, 0.25) is 5.91 Å². The quantitative estimate of drug-likeness (QED) is 0.212. The van der Waals surface area contributed by atoms with E-state index in [0.29, 0.717) is 4.90 Å². The van der Waals surface area contributed by atoms with E-state index in [4.69, 9.17) is 16.6 Å². The van der Waals surface area contributed by atoms with Crippen LogP contribution in [-0.4, -0.2) is 62.4 Å². The van der Waals surface area contributed by atoms with Gasteiger partial charge in [0.1, 0.15) is 6.04 Å². The number of aliphatic carboxylic acids is 2. The third-order valence-electron chi connectivity index (χ3n) is 5.87. The van der Waals surface area contributed by atoms with E-state index in [-0.39, 0.29) is 22.7 Å². The highest BCUT2D eigenvalue weighted by Gasteiger charge is 2.64. The van der Waals surface area contributed by atoms with E-state index in [2.05, 4.69) is 5.32 Å². The molecule has 0 aromatic heterocycles. The van der Waals surface area contributed by atoms with E-state index >= 15 is 0 Å². The molecule has 4 amide bonds. The van der Waals surface area contributed by atoms with Crippen LogP contribution in [-0.2, 0) is 30.5 Å². The molecule has 7 N–H and O–H groups in total. The molecule has 1 saturated heterocycles. The summed E-state index contributed by atoms with van der Waals surface area (Å²) >= 11 is 0. The highest BCUT2D eigenvalue weighted by molar-refractivity contribution is 6.23. The Hall–Kier alpha value is -4.62. The minimum Gasteiger partial charge on any atom is -0.481 e. The van der Waals surface area contributed by atoms with Crippen molar-refractivity contribution in [2.45, 2.75) is 37.6 Å². The predicted octanol–water partition coefficient (Wildman–Crippen LogP) is -0.0567. The van der Waals surface area contributed by atoms with Crippen molar-refractivity contribution < 1.29 is 39.0 Å². The van der Waals surface area contributed by atoms with Crippen LogP contribution >= 0.6 is 0 Å². The third kappa shape index (κ3) is 4.77. The number of urea groups is 1. The van der Waals surface area contributed by atoms with Gasteiger partial charge in [0, 0.05) is 12.2 Å². The first-order valence-electron chi connectivity index (χ1n) is 11.0. The Morgan fingerprint density at radius 3 is 2.14 bits per heavy atom. The lowest BCUT2D eigenvalue weighted by molar-refractivity contribution is -0.161. The highest BCUT2D eigenvalue weighted by Crippen LogP contribution is 2.35. The van der Waals surface area contributed by atoms with Crippen molar-refractivity contribution in [3.8, 4) is 0 Å². The Bertz CT molecular complexity index is 1230. The zero-order valence-electron chi connectivity index (χ0n) is 19.7. The number of amides is 4. The summed E-state index contributed by atoms with van der Waals surface area (Å²) in [5.41, 5.74) is 8.95. The number of carboxylic acid groups (broad SMARTS) is 2. The average Bonchev–Trinajstić information content (AvgIpc) is 3.15. The first-order chi connectivity index (χ1) is 17.5. The van der Waals surface area contributed by atoms with Gasteiger partial charge < -0.3 is 27.0 Å². The number of hydrogen-bond acceptors (Lipinski definition) is 8. The van der Waals surface area contributed by atoms with Crippen LogP contribution < -0.4 is 21.7 Å². The van der Waals surface area contributed by atoms with Gasteiger partial charge in [-0.3, -0.25) is 24.1 Å². The number of carboxylic acids is 2. The number of carbonyl (C=O) groups excluding carboxylic acids is 4. The van der Waals surface area contributed by atoms with Gasteiger partial charge in [0.05, 0.1) is 12.5 Å². The van der Waals surface area contributed by atoms with Crippen LogP contribution in [0.5, 0.6) is 0 Å². The van der Waals surface area contributed by atoms with Gasteiger partial charge in [0.15, 0.2) is 5.78 Å². The SMILES string of the molecule is CC(=O)[C@](C(=O)O)(N1C(=O)NC(c2ccc(CN)cc2)C1=O)N(C(=O)[C@@H](N)CC(=O)O)c1ccccc1. The van der Waals surface area contributed by atoms with Crippen LogP contribution in [0.1, 0.15) is 30.5 Å². The Labute approximate surface area is 210 Å². The molecule has 2 aromatic carbocycles. The summed E-state index contributed by atoms with van der Waals surface area (Å²) in [6, 6.07) is 8.67. The van der Waals surface area contributed by atoms with Gasteiger partial charge in [-0.15, -0.1) is 0 Å². The molecule has 0 spiro atoms. The van der Waals surface area contributed by atoms with E-state index < -0.39 is 59.7 Å². The van der Waals surface area contributed by atoms with Crippen molar-refractivity contribution >= 4 is 41.3 Å². The maximum Gasteiger partial charge on any atom is 0.360 e. The maximum absolute atomic E-state index is 13.6. The van der Waals surface area contributed by atoms with Crippen LogP contribution in [0.15, 0.2) is 54.6 Å². The van der Waals surface area contributed by atoms with Gasteiger partial charge in [-0.1, -0.05) is 42.5 Å². The summed E-state index contributed by atoms with van der Waals surface area (Å²) < 4.78 is 0. The number of nitrogens with one attached hydrogen (secondary N) is 1. The number of Topliss-reactive ketones (excluding diaryl/α,β-unsaturated/α-hetero) is 1. The van der Waals surface area contributed by atoms with E-state index in [1.807, 2.05) is 0 Å². The first kappa shape index (κ1) is 27.0. The van der Waals surface area contributed by atoms with E-state index in [0.717, 1.165) is 12.5 Å². The molecule has 1 aliphatic rings. The van der Waals surface area contributed by atoms with Crippen molar-refractivity contribution in [3.05, 3.63) is 65.7 Å². The molecule has 37 heavy (non-hydrogen) atoms. The molecule has 0 saturated carbocycles. The molecular formula is C24H25N5O8. The number of hydrogen-bond donors (Lipinski definition) is 5. The molecule has 194 valence electrons. The minimum atomic E-state index is -3.22. The zero-order valence-corrected chi connectivity index (χ0v) is 19.7. The largest absolute Gasteiger partial charge is 0.481 e. The van der Waals surface area contributed by atoms with E-state index in [1.54, 1.807) is 12.1 Å². The fourth-order valence-corrected chi connectivity index (χ4v) is 4.11. The fourth-order valence-electron chi connectivity index (χ4n) is 4.11. The number of nitrogens with zero attached hydrogens (tertiary/aromatic N) is 2. The molecule has 2 aromatic rings. The molecule has 0 aliphatic carbocycles. The van der Waals surface area contributed by atoms with Crippen molar-refractivity contribution in [2.75, 3.05) is 4.90 Å². The number of ketones is 1. The number of anilines is 1. The Morgan fingerprint density at radius 2 is 1.65 bits per heavy atom.